The Morgan fingerprint density at radius 2 is 1.90 bits per heavy atom. The molecule has 2 heterocycles. The van der Waals surface area contributed by atoms with Crippen LogP contribution in [0.1, 0.15) is 34.3 Å². The zero-order valence-electron chi connectivity index (χ0n) is 12.0. The van der Waals surface area contributed by atoms with Gasteiger partial charge in [0, 0.05) is 17.1 Å². The fourth-order valence-electron chi connectivity index (χ4n) is 2.71. The average molecular weight is 266 g/mol. The highest BCUT2D eigenvalue weighted by molar-refractivity contribution is 5.79. The van der Waals surface area contributed by atoms with Gasteiger partial charge in [0.05, 0.1) is 11.6 Å². The Morgan fingerprint density at radius 1 is 1.10 bits per heavy atom. The third kappa shape index (κ3) is 2.00. The number of hydrogen-bond acceptors (Lipinski definition) is 3. The number of nitrogens with zero attached hydrogens (tertiary/aromatic N) is 1. The van der Waals surface area contributed by atoms with Crippen LogP contribution >= 0.6 is 0 Å². The van der Waals surface area contributed by atoms with Gasteiger partial charge in [0.2, 0.25) is 0 Å². The molecule has 0 aliphatic heterocycles. The van der Waals surface area contributed by atoms with Gasteiger partial charge in [0.25, 0.3) is 0 Å². The van der Waals surface area contributed by atoms with Gasteiger partial charge in [-0.1, -0.05) is 18.2 Å². The van der Waals surface area contributed by atoms with Gasteiger partial charge in [-0.2, -0.15) is 0 Å². The number of aryl methyl sites for hydroxylation is 2. The van der Waals surface area contributed by atoms with Crippen LogP contribution in [-0.2, 0) is 0 Å². The van der Waals surface area contributed by atoms with Crippen LogP contribution in [0.3, 0.4) is 0 Å². The summed E-state index contributed by atoms with van der Waals surface area (Å²) >= 11 is 0. The summed E-state index contributed by atoms with van der Waals surface area (Å²) in [6, 6.07) is 10.00. The topological polar surface area (TPSA) is 52.0 Å². The van der Waals surface area contributed by atoms with Crippen molar-refractivity contribution in [1.82, 2.24) is 4.98 Å². The number of nitrogens with two attached hydrogens (primary N) is 1. The Bertz CT molecular complexity index is 774. The number of fused-ring (bicyclic) bond motifs is 1. The van der Waals surface area contributed by atoms with Crippen LogP contribution in [0.2, 0.25) is 0 Å². The molecule has 0 aliphatic carbocycles. The first-order valence-electron chi connectivity index (χ1n) is 6.74. The maximum absolute atomic E-state index is 6.43. The predicted molar refractivity (Wildman–Crippen MR) is 80.7 cm³/mol. The molecule has 3 heteroatoms. The van der Waals surface area contributed by atoms with Crippen molar-refractivity contribution in [2.45, 2.75) is 26.8 Å². The molecular weight excluding hydrogens is 248 g/mol. The van der Waals surface area contributed by atoms with E-state index in [9.17, 15) is 0 Å². The number of benzene rings is 1. The normalized spacial score (nSPS) is 12.8. The molecule has 20 heavy (non-hydrogen) atoms. The lowest BCUT2D eigenvalue weighted by Gasteiger charge is -2.13. The molecule has 0 fully saturated rings. The smallest absolute Gasteiger partial charge is 0.106 e. The summed E-state index contributed by atoms with van der Waals surface area (Å²) in [5.41, 5.74) is 10.7. The van der Waals surface area contributed by atoms with Crippen molar-refractivity contribution >= 4 is 10.9 Å². The molecule has 3 aromatic rings. The van der Waals surface area contributed by atoms with Gasteiger partial charge in [0.15, 0.2) is 0 Å². The van der Waals surface area contributed by atoms with Gasteiger partial charge >= 0.3 is 0 Å². The summed E-state index contributed by atoms with van der Waals surface area (Å²) in [5.74, 6) is 1.83. The SMILES string of the molecule is Cc1oc(C)c(C(N)c2ccc3cccnc3c2)c1C. The van der Waals surface area contributed by atoms with Crippen molar-refractivity contribution in [2.24, 2.45) is 5.73 Å². The van der Waals surface area contributed by atoms with Crippen molar-refractivity contribution < 1.29 is 4.42 Å². The van der Waals surface area contributed by atoms with E-state index in [1.807, 2.05) is 19.9 Å². The van der Waals surface area contributed by atoms with Crippen LogP contribution in [0.5, 0.6) is 0 Å². The second kappa shape index (κ2) is 4.76. The molecule has 0 spiro atoms. The summed E-state index contributed by atoms with van der Waals surface area (Å²) < 4.78 is 5.68. The first-order valence-corrected chi connectivity index (χ1v) is 6.74. The molecular formula is C17H18N2O. The highest BCUT2D eigenvalue weighted by Crippen LogP contribution is 2.30. The molecule has 0 amide bonds. The third-order valence-electron chi connectivity index (χ3n) is 3.92. The lowest BCUT2D eigenvalue weighted by atomic mass is 9.95. The van der Waals surface area contributed by atoms with Crippen molar-refractivity contribution in [1.29, 1.82) is 0 Å². The van der Waals surface area contributed by atoms with E-state index in [0.29, 0.717) is 0 Å². The highest BCUT2D eigenvalue weighted by atomic mass is 16.3. The maximum Gasteiger partial charge on any atom is 0.106 e. The minimum atomic E-state index is -0.182. The van der Waals surface area contributed by atoms with Crippen LogP contribution in [-0.4, -0.2) is 4.98 Å². The molecule has 1 atom stereocenters. The lowest BCUT2D eigenvalue weighted by Crippen LogP contribution is -2.13. The van der Waals surface area contributed by atoms with Crippen molar-refractivity contribution in [2.75, 3.05) is 0 Å². The van der Waals surface area contributed by atoms with Crippen LogP contribution in [0, 0.1) is 20.8 Å². The fraction of sp³-hybridized carbons (Fsp3) is 0.235. The predicted octanol–water partition coefficient (Wildman–Crippen LogP) is 3.80. The second-order valence-corrected chi connectivity index (χ2v) is 5.19. The van der Waals surface area contributed by atoms with Gasteiger partial charge in [-0.3, -0.25) is 4.98 Å². The molecule has 2 aromatic heterocycles. The second-order valence-electron chi connectivity index (χ2n) is 5.19. The monoisotopic (exact) mass is 266 g/mol. The minimum Gasteiger partial charge on any atom is -0.466 e. The Morgan fingerprint density at radius 3 is 2.60 bits per heavy atom. The standard InChI is InChI=1S/C17H18N2O/c1-10-11(2)20-12(3)16(10)17(18)14-7-6-13-5-4-8-19-15(13)9-14/h4-9,17H,18H2,1-3H3. The van der Waals surface area contributed by atoms with E-state index < -0.39 is 0 Å². The summed E-state index contributed by atoms with van der Waals surface area (Å²) in [7, 11) is 0. The number of rotatable bonds is 2. The Labute approximate surface area is 118 Å². The maximum atomic E-state index is 6.43. The molecule has 0 saturated carbocycles. The van der Waals surface area contributed by atoms with Crippen LogP contribution in [0.15, 0.2) is 40.9 Å². The van der Waals surface area contributed by atoms with Gasteiger partial charge in [0.1, 0.15) is 11.5 Å². The molecule has 1 unspecified atom stereocenters. The van der Waals surface area contributed by atoms with Crippen LogP contribution < -0.4 is 5.73 Å². The molecule has 0 saturated heterocycles. The van der Waals surface area contributed by atoms with E-state index in [0.717, 1.165) is 39.1 Å². The largest absolute Gasteiger partial charge is 0.466 e. The Balaban J connectivity index is 2.10. The highest BCUT2D eigenvalue weighted by Gasteiger charge is 2.19. The molecule has 1 aromatic carbocycles. The van der Waals surface area contributed by atoms with Gasteiger partial charge in [-0.25, -0.2) is 0 Å². The summed E-state index contributed by atoms with van der Waals surface area (Å²) in [4.78, 5) is 4.39. The number of hydrogen-bond donors (Lipinski definition) is 1. The molecule has 3 rings (SSSR count). The molecule has 3 nitrogen and oxygen atoms in total. The first-order chi connectivity index (χ1) is 9.58. The average Bonchev–Trinajstić information content (AvgIpc) is 2.71. The van der Waals surface area contributed by atoms with E-state index in [-0.39, 0.29) is 6.04 Å². The first kappa shape index (κ1) is 12.9. The Kier molecular flexibility index (Phi) is 3.07. The van der Waals surface area contributed by atoms with Gasteiger partial charge in [-0.05, 0) is 44.0 Å². The van der Waals surface area contributed by atoms with Crippen molar-refractivity contribution in [3.63, 3.8) is 0 Å². The van der Waals surface area contributed by atoms with E-state index >= 15 is 0 Å². The zero-order valence-corrected chi connectivity index (χ0v) is 12.0. The van der Waals surface area contributed by atoms with Gasteiger partial charge in [-0.15, -0.1) is 0 Å². The van der Waals surface area contributed by atoms with Crippen LogP contribution in [0.4, 0.5) is 0 Å². The molecule has 0 aliphatic rings. The van der Waals surface area contributed by atoms with Gasteiger partial charge < -0.3 is 10.2 Å². The molecule has 0 radical (unpaired) electrons. The van der Waals surface area contributed by atoms with Crippen molar-refractivity contribution in [3.8, 4) is 0 Å². The number of aromatic nitrogens is 1. The number of furan rings is 1. The van der Waals surface area contributed by atoms with E-state index in [1.54, 1.807) is 6.20 Å². The third-order valence-corrected chi connectivity index (χ3v) is 3.92. The Hall–Kier alpha value is -2.13. The van der Waals surface area contributed by atoms with Crippen LogP contribution in [0.25, 0.3) is 10.9 Å². The summed E-state index contributed by atoms with van der Waals surface area (Å²) in [6.45, 7) is 6.00. The lowest BCUT2D eigenvalue weighted by molar-refractivity contribution is 0.498. The summed E-state index contributed by atoms with van der Waals surface area (Å²) in [5, 5.41) is 1.13. The van der Waals surface area contributed by atoms with Crippen molar-refractivity contribution in [3.05, 3.63) is 64.7 Å². The number of pyridine rings is 1. The fourth-order valence-corrected chi connectivity index (χ4v) is 2.71. The molecule has 0 bridgehead atoms. The van der Waals surface area contributed by atoms with E-state index in [2.05, 4.69) is 36.2 Å². The summed E-state index contributed by atoms with van der Waals surface area (Å²) in [6.07, 6.45) is 1.80. The van der Waals surface area contributed by atoms with E-state index in [1.165, 1.54) is 0 Å². The molecule has 2 N–H and O–H groups in total. The van der Waals surface area contributed by atoms with E-state index in [4.69, 9.17) is 10.2 Å². The minimum absolute atomic E-state index is 0.182. The quantitative estimate of drug-likeness (QED) is 0.767. The zero-order chi connectivity index (χ0) is 14.3. The molecule has 102 valence electrons.